The third kappa shape index (κ3) is 4.76. The normalized spacial score (nSPS) is 16.6. The molecule has 1 N–H and O–H groups in total. The van der Waals surface area contributed by atoms with Crippen molar-refractivity contribution in [3.05, 3.63) is 63.6 Å². The van der Waals surface area contributed by atoms with Crippen LogP contribution in [0.15, 0.2) is 46.9 Å². The molecule has 3 rings (SSSR count). The Morgan fingerprint density at radius 1 is 1.26 bits per heavy atom. The zero-order valence-electron chi connectivity index (χ0n) is 15.5. The van der Waals surface area contributed by atoms with Gasteiger partial charge in [-0.1, -0.05) is 40.2 Å². The molecular formula is C21H23BrN2O3. The van der Waals surface area contributed by atoms with Crippen molar-refractivity contribution in [2.45, 2.75) is 26.5 Å². The number of hydrogen-bond donors (Lipinski definition) is 1. The van der Waals surface area contributed by atoms with E-state index >= 15 is 0 Å². The first kappa shape index (κ1) is 19.6. The largest absolute Gasteiger partial charge is 0.380 e. The van der Waals surface area contributed by atoms with Gasteiger partial charge in [0.05, 0.1) is 12.5 Å². The third-order valence-electron chi connectivity index (χ3n) is 4.72. The number of amides is 2. The van der Waals surface area contributed by atoms with Gasteiger partial charge in [0.2, 0.25) is 11.8 Å². The summed E-state index contributed by atoms with van der Waals surface area (Å²) in [6, 6.07) is 13.7. The molecule has 0 aromatic heterocycles. The van der Waals surface area contributed by atoms with Crippen molar-refractivity contribution in [3.8, 4) is 0 Å². The Morgan fingerprint density at radius 3 is 2.78 bits per heavy atom. The van der Waals surface area contributed by atoms with E-state index in [4.69, 9.17) is 4.74 Å². The zero-order valence-corrected chi connectivity index (χ0v) is 17.1. The zero-order chi connectivity index (χ0) is 19.4. The van der Waals surface area contributed by atoms with E-state index in [0.717, 1.165) is 26.9 Å². The Labute approximate surface area is 167 Å². The van der Waals surface area contributed by atoms with Crippen LogP contribution in [0.4, 0.5) is 5.69 Å². The molecule has 1 unspecified atom stereocenters. The number of anilines is 1. The van der Waals surface area contributed by atoms with E-state index < -0.39 is 0 Å². The van der Waals surface area contributed by atoms with E-state index in [1.54, 1.807) is 12.0 Å². The summed E-state index contributed by atoms with van der Waals surface area (Å²) in [5.41, 5.74) is 3.98. The van der Waals surface area contributed by atoms with Gasteiger partial charge in [-0.3, -0.25) is 9.59 Å². The molecule has 5 nitrogen and oxygen atoms in total. The van der Waals surface area contributed by atoms with E-state index in [1.807, 2.05) is 49.4 Å². The van der Waals surface area contributed by atoms with Crippen molar-refractivity contribution in [1.29, 1.82) is 0 Å². The number of nitrogens with zero attached hydrogens (tertiary/aromatic N) is 1. The predicted molar refractivity (Wildman–Crippen MR) is 108 cm³/mol. The van der Waals surface area contributed by atoms with Gasteiger partial charge in [-0.05, 0) is 41.8 Å². The van der Waals surface area contributed by atoms with Crippen molar-refractivity contribution in [1.82, 2.24) is 5.32 Å². The average molecular weight is 431 g/mol. The van der Waals surface area contributed by atoms with Gasteiger partial charge < -0.3 is 15.0 Å². The summed E-state index contributed by atoms with van der Waals surface area (Å²) >= 11 is 3.47. The lowest BCUT2D eigenvalue weighted by molar-refractivity contribution is -0.126. The number of hydrogen-bond acceptors (Lipinski definition) is 3. The first-order valence-corrected chi connectivity index (χ1v) is 9.68. The predicted octanol–water partition coefficient (Wildman–Crippen LogP) is 3.57. The van der Waals surface area contributed by atoms with Crippen LogP contribution in [0.5, 0.6) is 0 Å². The third-order valence-corrected chi connectivity index (χ3v) is 5.61. The molecule has 1 aliphatic rings. The minimum atomic E-state index is -0.330. The van der Waals surface area contributed by atoms with E-state index in [2.05, 4.69) is 21.2 Å². The number of ether oxygens (including phenoxy) is 1. The molecule has 1 fully saturated rings. The number of nitrogens with one attached hydrogen (secondary N) is 1. The number of aryl methyl sites for hydroxylation is 1. The van der Waals surface area contributed by atoms with Crippen molar-refractivity contribution in [2.24, 2.45) is 5.92 Å². The maximum Gasteiger partial charge on any atom is 0.227 e. The van der Waals surface area contributed by atoms with Gasteiger partial charge in [0.15, 0.2) is 0 Å². The van der Waals surface area contributed by atoms with E-state index in [0.29, 0.717) is 19.7 Å². The first-order valence-electron chi connectivity index (χ1n) is 8.89. The number of benzene rings is 2. The Kier molecular flexibility index (Phi) is 6.29. The second-order valence-electron chi connectivity index (χ2n) is 6.81. The SMILES string of the molecule is COCc1cccc(CNC(=O)C2CC(=O)N(c3ccc(Br)c(C)c3)C2)c1. The molecule has 1 aliphatic heterocycles. The summed E-state index contributed by atoms with van der Waals surface area (Å²) in [5.74, 6) is -0.431. The number of carbonyl (C=O) groups excluding carboxylic acids is 2. The fourth-order valence-electron chi connectivity index (χ4n) is 3.26. The number of halogens is 1. The first-order chi connectivity index (χ1) is 13.0. The Morgan fingerprint density at radius 2 is 2.04 bits per heavy atom. The van der Waals surface area contributed by atoms with Gasteiger partial charge in [-0.25, -0.2) is 0 Å². The smallest absolute Gasteiger partial charge is 0.227 e. The van der Waals surface area contributed by atoms with Gasteiger partial charge in [0, 0.05) is 36.8 Å². The summed E-state index contributed by atoms with van der Waals surface area (Å²) < 4.78 is 6.14. The highest BCUT2D eigenvalue weighted by molar-refractivity contribution is 9.10. The maximum absolute atomic E-state index is 12.6. The minimum absolute atomic E-state index is 0.0148. The Bertz CT molecular complexity index is 853. The summed E-state index contributed by atoms with van der Waals surface area (Å²) in [5, 5.41) is 2.96. The molecule has 6 heteroatoms. The van der Waals surface area contributed by atoms with Crippen LogP contribution in [-0.4, -0.2) is 25.5 Å². The highest BCUT2D eigenvalue weighted by Gasteiger charge is 2.35. The number of rotatable bonds is 6. The Hall–Kier alpha value is -2.18. The molecule has 1 heterocycles. The summed E-state index contributed by atoms with van der Waals surface area (Å²) in [6.45, 7) is 3.38. The molecule has 0 radical (unpaired) electrons. The van der Waals surface area contributed by atoms with Crippen LogP contribution in [0.25, 0.3) is 0 Å². The minimum Gasteiger partial charge on any atom is -0.380 e. The lowest BCUT2D eigenvalue weighted by Gasteiger charge is -2.18. The monoisotopic (exact) mass is 430 g/mol. The van der Waals surface area contributed by atoms with Crippen LogP contribution in [0.2, 0.25) is 0 Å². The van der Waals surface area contributed by atoms with E-state index in [9.17, 15) is 9.59 Å². The fourth-order valence-corrected chi connectivity index (χ4v) is 3.51. The van der Waals surface area contributed by atoms with Gasteiger partial charge in [0.25, 0.3) is 0 Å². The molecule has 27 heavy (non-hydrogen) atoms. The van der Waals surface area contributed by atoms with Crippen molar-refractivity contribution < 1.29 is 14.3 Å². The van der Waals surface area contributed by atoms with Gasteiger partial charge in [0.1, 0.15) is 0 Å². The molecule has 0 spiro atoms. The molecule has 0 aliphatic carbocycles. The number of methoxy groups -OCH3 is 1. The van der Waals surface area contributed by atoms with Crippen LogP contribution in [0.3, 0.4) is 0 Å². The summed E-state index contributed by atoms with van der Waals surface area (Å²) in [7, 11) is 1.66. The van der Waals surface area contributed by atoms with Crippen LogP contribution < -0.4 is 10.2 Å². The van der Waals surface area contributed by atoms with Crippen LogP contribution in [0.1, 0.15) is 23.1 Å². The van der Waals surface area contributed by atoms with Crippen LogP contribution in [0, 0.1) is 12.8 Å². The lowest BCUT2D eigenvalue weighted by atomic mass is 10.1. The van der Waals surface area contributed by atoms with Crippen LogP contribution in [-0.2, 0) is 27.5 Å². The molecule has 1 saturated heterocycles. The molecule has 0 bridgehead atoms. The number of carbonyl (C=O) groups is 2. The average Bonchev–Trinajstić information content (AvgIpc) is 3.04. The molecular weight excluding hydrogens is 408 g/mol. The Balaban J connectivity index is 1.60. The van der Waals surface area contributed by atoms with Gasteiger partial charge >= 0.3 is 0 Å². The quantitative estimate of drug-likeness (QED) is 0.761. The highest BCUT2D eigenvalue weighted by Crippen LogP contribution is 2.28. The fraction of sp³-hybridized carbons (Fsp3) is 0.333. The van der Waals surface area contributed by atoms with Crippen molar-refractivity contribution in [3.63, 3.8) is 0 Å². The second kappa shape index (κ2) is 8.67. The molecule has 2 aromatic carbocycles. The second-order valence-corrected chi connectivity index (χ2v) is 7.66. The molecule has 2 amide bonds. The van der Waals surface area contributed by atoms with E-state index in [1.165, 1.54) is 0 Å². The van der Waals surface area contributed by atoms with Crippen molar-refractivity contribution >= 4 is 33.4 Å². The molecule has 2 aromatic rings. The van der Waals surface area contributed by atoms with E-state index in [-0.39, 0.29) is 24.2 Å². The van der Waals surface area contributed by atoms with Gasteiger partial charge in [-0.15, -0.1) is 0 Å². The highest BCUT2D eigenvalue weighted by atomic mass is 79.9. The molecule has 1 atom stereocenters. The molecule has 142 valence electrons. The summed E-state index contributed by atoms with van der Waals surface area (Å²) in [4.78, 5) is 26.6. The lowest BCUT2D eigenvalue weighted by Crippen LogP contribution is -2.32. The topological polar surface area (TPSA) is 58.6 Å². The molecule has 0 saturated carbocycles. The summed E-state index contributed by atoms with van der Waals surface area (Å²) in [6.07, 6.45) is 0.241. The van der Waals surface area contributed by atoms with Crippen LogP contribution >= 0.6 is 15.9 Å². The maximum atomic E-state index is 12.6. The van der Waals surface area contributed by atoms with Crippen molar-refractivity contribution in [2.75, 3.05) is 18.6 Å². The standard InChI is InChI=1S/C21H23BrN2O3/c1-14-8-18(6-7-19(14)22)24-12-17(10-20(24)25)21(26)23-11-15-4-3-5-16(9-15)13-27-2/h3-9,17H,10-13H2,1-2H3,(H,23,26). The van der Waals surface area contributed by atoms with Gasteiger partial charge in [-0.2, -0.15) is 0 Å².